The second-order valence-electron chi connectivity index (χ2n) is 4.84. The Hall–Kier alpha value is -0.0800. The van der Waals surface area contributed by atoms with Crippen LogP contribution < -0.4 is 5.32 Å². The van der Waals surface area contributed by atoms with Gasteiger partial charge < -0.3 is 10.1 Å². The van der Waals surface area contributed by atoms with Gasteiger partial charge in [-0.15, -0.1) is 0 Å². The van der Waals surface area contributed by atoms with E-state index in [0.717, 1.165) is 13.2 Å². The van der Waals surface area contributed by atoms with Gasteiger partial charge in [0.15, 0.2) is 0 Å². The highest BCUT2D eigenvalue weighted by Gasteiger charge is 2.07. The average Bonchev–Trinajstić information content (AvgIpc) is 2.25. The van der Waals surface area contributed by atoms with Gasteiger partial charge in [0, 0.05) is 6.04 Å². The van der Waals surface area contributed by atoms with Crippen LogP contribution in [0.3, 0.4) is 0 Å². The third-order valence-electron chi connectivity index (χ3n) is 2.78. The van der Waals surface area contributed by atoms with Gasteiger partial charge in [-0.3, -0.25) is 0 Å². The van der Waals surface area contributed by atoms with Crippen LogP contribution in [0.5, 0.6) is 0 Å². The van der Waals surface area contributed by atoms with Crippen molar-refractivity contribution in [2.24, 2.45) is 0 Å². The van der Waals surface area contributed by atoms with Crippen LogP contribution in [0, 0.1) is 0 Å². The lowest BCUT2D eigenvalue weighted by molar-refractivity contribution is 0.0593. The highest BCUT2D eigenvalue weighted by Crippen LogP contribution is 2.08. The zero-order chi connectivity index (χ0) is 12.2. The fourth-order valence-electron chi connectivity index (χ4n) is 1.84. The Morgan fingerprint density at radius 2 is 1.69 bits per heavy atom. The van der Waals surface area contributed by atoms with Crippen LogP contribution in [-0.2, 0) is 4.74 Å². The van der Waals surface area contributed by atoms with Crippen molar-refractivity contribution in [2.75, 3.05) is 13.2 Å². The summed E-state index contributed by atoms with van der Waals surface area (Å²) in [6.07, 6.45) is 8.41. The van der Waals surface area contributed by atoms with Crippen LogP contribution in [0.4, 0.5) is 0 Å². The molecule has 0 fully saturated rings. The Morgan fingerprint density at radius 3 is 2.25 bits per heavy atom. The highest BCUT2D eigenvalue weighted by atomic mass is 16.5. The van der Waals surface area contributed by atoms with Crippen LogP contribution in [0.1, 0.15) is 66.2 Å². The zero-order valence-electron chi connectivity index (χ0n) is 11.7. The van der Waals surface area contributed by atoms with E-state index in [9.17, 15) is 0 Å². The van der Waals surface area contributed by atoms with Crippen molar-refractivity contribution in [3.63, 3.8) is 0 Å². The van der Waals surface area contributed by atoms with E-state index >= 15 is 0 Å². The van der Waals surface area contributed by atoms with Crippen molar-refractivity contribution < 1.29 is 4.74 Å². The molecule has 16 heavy (non-hydrogen) atoms. The highest BCUT2D eigenvalue weighted by molar-refractivity contribution is 4.65. The predicted octanol–water partition coefficient (Wildman–Crippen LogP) is 3.75. The topological polar surface area (TPSA) is 21.3 Å². The Morgan fingerprint density at radius 1 is 1.00 bits per heavy atom. The molecule has 1 atom stereocenters. The van der Waals surface area contributed by atoms with E-state index in [1.807, 2.05) is 0 Å². The monoisotopic (exact) mass is 229 g/mol. The lowest BCUT2D eigenvalue weighted by atomic mass is 10.1. The van der Waals surface area contributed by atoms with Crippen LogP contribution in [-0.4, -0.2) is 25.3 Å². The largest absolute Gasteiger partial charge is 0.377 e. The summed E-state index contributed by atoms with van der Waals surface area (Å²) in [7, 11) is 0. The summed E-state index contributed by atoms with van der Waals surface area (Å²) in [5, 5.41) is 3.50. The first kappa shape index (κ1) is 15.9. The maximum Gasteiger partial charge on any atom is 0.0623 e. The standard InChI is InChI=1S/C14H31NO/c1-5-7-8-9-10-11-14(15-6-2)12-16-13(3)4/h13-15H,5-12H2,1-4H3. The Balaban J connectivity index is 3.51. The SMILES string of the molecule is CCCCCCCC(COC(C)C)NCC. The Labute approximate surface area is 102 Å². The van der Waals surface area contributed by atoms with E-state index in [0.29, 0.717) is 12.1 Å². The summed E-state index contributed by atoms with van der Waals surface area (Å²) >= 11 is 0. The molecule has 0 bridgehead atoms. The maximum absolute atomic E-state index is 5.67. The molecule has 0 radical (unpaired) electrons. The van der Waals surface area contributed by atoms with Crippen molar-refractivity contribution in [1.82, 2.24) is 5.32 Å². The van der Waals surface area contributed by atoms with Crippen molar-refractivity contribution in [3.8, 4) is 0 Å². The third kappa shape index (κ3) is 10.4. The van der Waals surface area contributed by atoms with Crippen molar-refractivity contribution in [3.05, 3.63) is 0 Å². The fourth-order valence-corrected chi connectivity index (χ4v) is 1.84. The molecular weight excluding hydrogens is 198 g/mol. The molecule has 0 aliphatic carbocycles. The van der Waals surface area contributed by atoms with Gasteiger partial charge >= 0.3 is 0 Å². The first-order chi connectivity index (χ1) is 7.70. The minimum Gasteiger partial charge on any atom is -0.377 e. The van der Waals surface area contributed by atoms with Crippen molar-refractivity contribution in [2.45, 2.75) is 78.4 Å². The molecule has 0 rings (SSSR count). The van der Waals surface area contributed by atoms with Crippen LogP contribution >= 0.6 is 0 Å². The predicted molar refractivity (Wildman–Crippen MR) is 71.9 cm³/mol. The van der Waals surface area contributed by atoms with E-state index in [1.54, 1.807) is 0 Å². The van der Waals surface area contributed by atoms with E-state index in [2.05, 4.69) is 33.0 Å². The molecule has 0 amide bonds. The van der Waals surface area contributed by atoms with Gasteiger partial charge in [0.2, 0.25) is 0 Å². The van der Waals surface area contributed by atoms with Crippen LogP contribution in [0.15, 0.2) is 0 Å². The molecule has 0 aromatic rings. The van der Waals surface area contributed by atoms with E-state index in [-0.39, 0.29) is 0 Å². The lowest BCUT2D eigenvalue weighted by Crippen LogP contribution is -2.34. The smallest absolute Gasteiger partial charge is 0.0623 e. The average molecular weight is 229 g/mol. The van der Waals surface area contributed by atoms with Gasteiger partial charge in [0.05, 0.1) is 12.7 Å². The van der Waals surface area contributed by atoms with E-state index in [1.165, 1.54) is 38.5 Å². The number of hydrogen-bond donors (Lipinski definition) is 1. The molecule has 0 saturated carbocycles. The summed E-state index contributed by atoms with van der Waals surface area (Å²) in [6, 6.07) is 0.550. The molecule has 0 saturated heterocycles. The number of unbranched alkanes of at least 4 members (excludes halogenated alkanes) is 4. The minimum absolute atomic E-state index is 0.348. The Kier molecular flexibility index (Phi) is 11.3. The van der Waals surface area contributed by atoms with Gasteiger partial charge in [0.25, 0.3) is 0 Å². The quantitative estimate of drug-likeness (QED) is 0.545. The fraction of sp³-hybridized carbons (Fsp3) is 1.00. The molecule has 0 aromatic carbocycles. The molecule has 0 aliphatic heterocycles. The van der Waals surface area contributed by atoms with Gasteiger partial charge in [-0.25, -0.2) is 0 Å². The number of likely N-dealkylation sites (N-methyl/N-ethyl adjacent to an activating group) is 1. The van der Waals surface area contributed by atoms with Crippen molar-refractivity contribution >= 4 is 0 Å². The van der Waals surface area contributed by atoms with E-state index < -0.39 is 0 Å². The number of ether oxygens (including phenoxy) is 1. The molecule has 0 spiro atoms. The van der Waals surface area contributed by atoms with Crippen LogP contribution in [0.2, 0.25) is 0 Å². The molecule has 98 valence electrons. The zero-order valence-corrected chi connectivity index (χ0v) is 11.7. The number of hydrogen-bond acceptors (Lipinski definition) is 2. The van der Waals surface area contributed by atoms with Gasteiger partial charge in [-0.2, -0.15) is 0 Å². The number of rotatable bonds is 11. The maximum atomic E-state index is 5.67. The molecule has 0 heterocycles. The van der Waals surface area contributed by atoms with Gasteiger partial charge in [-0.1, -0.05) is 46.0 Å². The first-order valence-corrected chi connectivity index (χ1v) is 7.05. The molecule has 2 heteroatoms. The van der Waals surface area contributed by atoms with Gasteiger partial charge in [0.1, 0.15) is 0 Å². The second kappa shape index (κ2) is 11.4. The van der Waals surface area contributed by atoms with Gasteiger partial charge in [-0.05, 0) is 26.8 Å². The lowest BCUT2D eigenvalue weighted by Gasteiger charge is -2.19. The third-order valence-corrected chi connectivity index (χ3v) is 2.78. The summed E-state index contributed by atoms with van der Waals surface area (Å²) in [4.78, 5) is 0. The molecule has 0 aliphatic rings. The van der Waals surface area contributed by atoms with Crippen molar-refractivity contribution in [1.29, 1.82) is 0 Å². The molecule has 0 aromatic heterocycles. The van der Waals surface area contributed by atoms with E-state index in [4.69, 9.17) is 4.74 Å². The molecule has 1 unspecified atom stereocenters. The summed E-state index contributed by atoms with van der Waals surface area (Å²) in [6.45, 7) is 10.5. The minimum atomic E-state index is 0.348. The normalized spacial score (nSPS) is 13.3. The summed E-state index contributed by atoms with van der Waals surface area (Å²) in [5.41, 5.74) is 0. The molecular formula is C14H31NO. The summed E-state index contributed by atoms with van der Waals surface area (Å²) < 4.78 is 5.67. The number of nitrogens with one attached hydrogen (secondary N) is 1. The molecule has 1 N–H and O–H groups in total. The summed E-state index contributed by atoms with van der Waals surface area (Å²) in [5.74, 6) is 0. The van der Waals surface area contributed by atoms with Crippen LogP contribution in [0.25, 0.3) is 0 Å². The molecule has 2 nitrogen and oxygen atoms in total. The first-order valence-electron chi connectivity index (χ1n) is 7.05. The second-order valence-corrected chi connectivity index (χ2v) is 4.84. The Bertz CT molecular complexity index is 137.